The van der Waals surface area contributed by atoms with Crippen LogP contribution in [-0.2, 0) is 4.79 Å². The number of nitrogens with zero attached hydrogens (tertiary/aromatic N) is 1. The van der Waals surface area contributed by atoms with E-state index in [4.69, 9.17) is 22.6 Å². The number of rotatable bonds is 4. The van der Waals surface area contributed by atoms with Gasteiger partial charge >= 0.3 is 0 Å². The highest BCUT2D eigenvalue weighted by atomic mass is 35.5. The van der Waals surface area contributed by atoms with E-state index in [-0.39, 0.29) is 0 Å². The molecule has 1 amide bonds. The van der Waals surface area contributed by atoms with Gasteiger partial charge in [0, 0.05) is 0 Å². The average molecular weight is 286 g/mol. The summed E-state index contributed by atoms with van der Waals surface area (Å²) in [4.78, 5) is 11.6. The number of benzene rings is 2. The first-order chi connectivity index (χ1) is 9.61. The first-order valence-corrected chi connectivity index (χ1v) is 6.30. The predicted molar refractivity (Wildman–Crippen MR) is 78.2 cm³/mol. The lowest BCUT2D eigenvalue weighted by Crippen LogP contribution is -2.27. The minimum atomic E-state index is -0.747. The fraction of sp³-hybridized carbons (Fsp3) is 0.0667. The van der Waals surface area contributed by atoms with Crippen LogP contribution in [0, 0.1) is 11.3 Å². The van der Waals surface area contributed by atoms with Crippen molar-refractivity contribution in [1.82, 2.24) is 0 Å². The van der Waals surface area contributed by atoms with E-state index in [1.807, 2.05) is 6.07 Å². The van der Waals surface area contributed by atoms with Crippen molar-refractivity contribution in [3.63, 3.8) is 0 Å². The summed E-state index contributed by atoms with van der Waals surface area (Å²) in [5.74, 6) is -0.542. The molecule has 2 aromatic rings. The Bertz CT molecular complexity index is 679. The number of primary amides is 1. The zero-order valence-electron chi connectivity index (χ0n) is 10.5. The first-order valence-electron chi connectivity index (χ1n) is 5.92. The van der Waals surface area contributed by atoms with Gasteiger partial charge in [-0.15, -0.1) is 0 Å². The van der Waals surface area contributed by atoms with Gasteiger partial charge in [0.2, 0.25) is 5.91 Å². The number of carbonyl (C=O) groups is 1. The Morgan fingerprint density at radius 2 is 2.00 bits per heavy atom. The van der Waals surface area contributed by atoms with Gasteiger partial charge in [-0.3, -0.25) is 4.79 Å². The predicted octanol–water partition coefficient (Wildman–Crippen LogP) is 2.85. The van der Waals surface area contributed by atoms with Crippen LogP contribution >= 0.6 is 11.6 Å². The van der Waals surface area contributed by atoms with Crippen LogP contribution in [0.25, 0.3) is 0 Å². The van der Waals surface area contributed by atoms with E-state index < -0.39 is 11.9 Å². The zero-order chi connectivity index (χ0) is 14.5. The largest absolute Gasteiger partial charge is 0.369 e. The molecule has 0 aliphatic rings. The normalized spacial score (nSPS) is 11.4. The van der Waals surface area contributed by atoms with E-state index in [1.165, 1.54) is 0 Å². The minimum absolute atomic E-state index is 0.467. The molecule has 3 N–H and O–H groups in total. The van der Waals surface area contributed by atoms with Crippen molar-refractivity contribution in [2.75, 3.05) is 5.32 Å². The number of halogens is 1. The Kier molecular flexibility index (Phi) is 4.24. The molecule has 0 spiro atoms. The van der Waals surface area contributed by atoms with Crippen molar-refractivity contribution in [2.24, 2.45) is 5.73 Å². The number of hydrogen-bond acceptors (Lipinski definition) is 3. The Balaban J connectivity index is 2.35. The van der Waals surface area contributed by atoms with Crippen LogP contribution < -0.4 is 11.1 Å². The van der Waals surface area contributed by atoms with Gasteiger partial charge in [-0.2, -0.15) is 5.26 Å². The molecule has 0 aliphatic carbocycles. The summed E-state index contributed by atoms with van der Waals surface area (Å²) >= 11 is 6.05. The van der Waals surface area contributed by atoms with Crippen molar-refractivity contribution < 1.29 is 4.79 Å². The fourth-order valence-electron chi connectivity index (χ4n) is 1.84. The van der Waals surface area contributed by atoms with Gasteiger partial charge < -0.3 is 11.1 Å². The molecule has 0 heterocycles. The maximum absolute atomic E-state index is 11.6. The Morgan fingerprint density at radius 3 is 2.65 bits per heavy atom. The Labute approximate surface area is 121 Å². The smallest absolute Gasteiger partial charge is 0.244 e. The number of nitrogens with one attached hydrogen (secondary N) is 1. The van der Waals surface area contributed by atoms with E-state index >= 15 is 0 Å². The lowest BCUT2D eigenvalue weighted by molar-refractivity contribution is -0.118. The summed E-state index contributed by atoms with van der Waals surface area (Å²) in [6.45, 7) is 0. The molecule has 1 atom stereocenters. The summed E-state index contributed by atoms with van der Waals surface area (Å²) in [7, 11) is 0. The topological polar surface area (TPSA) is 78.9 Å². The molecule has 0 aliphatic heterocycles. The summed E-state index contributed by atoms with van der Waals surface area (Å²) in [6, 6.07) is 15.1. The van der Waals surface area contributed by atoms with E-state index in [1.54, 1.807) is 48.5 Å². The van der Waals surface area contributed by atoms with Crippen molar-refractivity contribution in [3.05, 3.63) is 64.7 Å². The maximum Gasteiger partial charge on any atom is 0.244 e. The minimum Gasteiger partial charge on any atom is -0.369 e. The molecule has 2 aromatic carbocycles. The molecule has 2 rings (SSSR count). The van der Waals surface area contributed by atoms with E-state index in [0.717, 1.165) is 0 Å². The third kappa shape index (κ3) is 3.08. The van der Waals surface area contributed by atoms with Gasteiger partial charge in [-0.25, -0.2) is 0 Å². The molecule has 5 heteroatoms. The number of nitriles is 1. The number of hydrogen-bond donors (Lipinski definition) is 2. The number of amides is 1. The highest BCUT2D eigenvalue weighted by Gasteiger charge is 2.18. The molecular formula is C15H12ClN3O. The van der Waals surface area contributed by atoms with Crippen molar-refractivity contribution in [2.45, 2.75) is 6.04 Å². The monoisotopic (exact) mass is 285 g/mol. The number of carbonyl (C=O) groups excluding carboxylic acids is 1. The lowest BCUT2D eigenvalue weighted by atomic mass is 10.0. The molecule has 0 radical (unpaired) electrons. The van der Waals surface area contributed by atoms with Crippen LogP contribution in [0.3, 0.4) is 0 Å². The van der Waals surface area contributed by atoms with Crippen molar-refractivity contribution in [1.29, 1.82) is 5.26 Å². The van der Waals surface area contributed by atoms with Crippen LogP contribution in [0.15, 0.2) is 48.5 Å². The Morgan fingerprint density at radius 1 is 1.25 bits per heavy atom. The van der Waals surface area contributed by atoms with Gasteiger partial charge in [0.15, 0.2) is 0 Å². The summed E-state index contributed by atoms with van der Waals surface area (Å²) < 4.78 is 0. The fourth-order valence-corrected chi connectivity index (χ4v) is 2.03. The van der Waals surface area contributed by atoms with Gasteiger partial charge in [-0.1, -0.05) is 35.9 Å². The third-order valence-corrected chi connectivity index (χ3v) is 3.14. The zero-order valence-corrected chi connectivity index (χ0v) is 11.3. The molecule has 1 unspecified atom stereocenters. The molecule has 0 saturated heterocycles. The van der Waals surface area contributed by atoms with E-state index in [9.17, 15) is 4.79 Å². The molecule has 0 fully saturated rings. The van der Waals surface area contributed by atoms with Crippen LogP contribution in [0.2, 0.25) is 5.02 Å². The molecule has 0 aromatic heterocycles. The second-order valence-corrected chi connectivity index (χ2v) is 4.60. The lowest BCUT2D eigenvalue weighted by Gasteiger charge is -2.18. The van der Waals surface area contributed by atoms with Gasteiger partial charge in [0.25, 0.3) is 0 Å². The molecule has 20 heavy (non-hydrogen) atoms. The van der Waals surface area contributed by atoms with Crippen LogP contribution in [0.4, 0.5) is 5.69 Å². The van der Waals surface area contributed by atoms with E-state index in [0.29, 0.717) is 21.8 Å². The van der Waals surface area contributed by atoms with Crippen LogP contribution in [0.5, 0.6) is 0 Å². The summed E-state index contributed by atoms with van der Waals surface area (Å²) in [5, 5.41) is 12.4. The molecule has 4 nitrogen and oxygen atoms in total. The van der Waals surface area contributed by atoms with Gasteiger partial charge in [0.1, 0.15) is 6.04 Å². The molecular weight excluding hydrogens is 274 g/mol. The first kappa shape index (κ1) is 13.9. The standard InChI is InChI=1S/C15H12ClN3O/c16-12-6-1-2-7-13(12)19-14(15(18)20)11-5-3-4-10(8-11)9-17/h1-8,14,19H,(H2,18,20). The summed E-state index contributed by atoms with van der Waals surface area (Å²) in [6.07, 6.45) is 0. The van der Waals surface area contributed by atoms with Crippen molar-refractivity contribution >= 4 is 23.2 Å². The quantitative estimate of drug-likeness (QED) is 0.906. The van der Waals surface area contributed by atoms with Gasteiger partial charge in [0.05, 0.1) is 22.3 Å². The second kappa shape index (κ2) is 6.09. The number of anilines is 1. The highest BCUT2D eigenvalue weighted by molar-refractivity contribution is 6.33. The summed E-state index contributed by atoms with van der Waals surface area (Å²) in [5.41, 5.74) is 7.13. The highest BCUT2D eigenvalue weighted by Crippen LogP contribution is 2.26. The second-order valence-electron chi connectivity index (χ2n) is 4.20. The van der Waals surface area contributed by atoms with Crippen LogP contribution in [-0.4, -0.2) is 5.91 Å². The van der Waals surface area contributed by atoms with Crippen molar-refractivity contribution in [3.8, 4) is 6.07 Å². The molecule has 100 valence electrons. The molecule has 0 saturated carbocycles. The number of nitrogens with two attached hydrogens (primary N) is 1. The Hall–Kier alpha value is -2.51. The van der Waals surface area contributed by atoms with Crippen LogP contribution in [0.1, 0.15) is 17.2 Å². The van der Waals surface area contributed by atoms with E-state index in [2.05, 4.69) is 5.32 Å². The molecule has 0 bridgehead atoms. The average Bonchev–Trinajstić information content (AvgIpc) is 2.46. The SMILES string of the molecule is N#Cc1cccc(C(Nc2ccccc2Cl)C(N)=O)c1. The van der Waals surface area contributed by atoms with Gasteiger partial charge in [-0.05, 0) is 29.8 Å². The number of para-hydroxylation sites is 1. The maximum atomic E-state index is 11.6. The third-order valence-electron chi connectivity index (χ3n) is 2.81.